The maximum absolute atomic E-state index is 12.8. The van der Waals surface area contributed by atoms with E-state index in [0.717, 1.165) is 0 Å². The zero-order chi connectivity index (χ0) is 21.2. The fourth-order valence-electron chi connectivity index (χ4n) is 3.02. The lowest BCUT2D eigenvalue weighted by Gasteiger charge is -2.17. The highest BCUT2D eigenvalue weighted by Gasteiger charge is 2.36. The van der Waals surface area contributed by atoms with Crippen LogP contribution in [0.1, 0.15) is 0 Å². The zero-order valence-corrected chi connectivity index (χ0v) is 17.5. The van der Waals surface area contributed by atoms with Crippen LogP contribution in [-0.4, -0.2) is 59.8 Å². The summed E-state index contributed by atoms with van der Waals surface area (Å²) in [6.07, 6.45) is -0.987. The number of ether oxygens (including phenoxy) is 2. The number of nitrogens with one attached hydrogen (secondary N) is 2. The van der Waals surface area contributed by atoms with Gasteiger partial charge in [0.15, 0.2) is 9.84 Å². The fourth-order valence-corrected chi connectivity index (χ4v) is 6.00. The first-order chi connectivity index (χ1) is 13.6. The van der Waals surface area contributed by atoms with E-state index in [1.54, 1.807) is 18.2 Å². The third-order valence-corrected chi connectivity index (χ3v) is 7.59. The molecule has 2 atom stereocenters. The summed E-state index contributed by atoms with van der Waals surface area (Å²) in [5, 5.41) is 12.8. The molecule has 1 heterocycles. The molecular weight excluding hydrogens is 420 g/mol. The van der Waals surface area contributed by atoms with Crippen molar-refractivity contribution in [3.8, 4) is 11.5 Å². The van der Waals surface area contributed by atoms with E-state index < -0.39 is 32.0 Å². The molecule has 0 unspecified atom stereocenters. The van der Waals surface area contributed by atoms with E-state index in [9.17, 15) is 21.9 Å². The summed E-state index contributed by atoms with van der Waals surface area (Å²) in [7, 11) is -4.40. The molecule has 3 N–H and O–H groups in total. The Morgan fingerprint density at radius 1 is 1.00 bits per heavy atom. The van der Waals surface area contributed by atoms with Crippen LogP contribution in [-0.2, 0) is 19.9 Å². The molecule has 0 radical (unpaired) electrons. The average molecular weight is 443 g/mol. The molecule has 0 spiro atoms. The molecule has 0 amide bonds. The Balaban J connectivity index is 1.76. The van der Waals surface area contributed by atoms with Crippen LogP contribution < -0.4 is 19.5 Å². The number of aliphatic hydroxyl groups is 1. The summed E-state index contributed by atoms with van der Waals surface area (Å²) in [5.74, 6) is 0.118. The first-order valence-electron chi connectivity index (χ1n) is 8.63. The second-order valence-electron chi connectivity index (χ2n) is 6.59. The molecule has 0 saturated carbocycles. The van der Waals surface area contributed by atoms with Crippen LogP contribution in [0.15, 0.2) is 47.4 Å². The van der Waals surface area contributed by atoms with Crippen LogP contribution in [0.2, 0.25) is 0 Å². The lowest BCUT2D eigenvalue weighted by molar-refractivity contribution is 0.190. The number of rotatable bonds is 7. The SMILES string of the molecule is COc1ccc(OC)c(S(=O)(=O)Nc2ccc(N[C@@H]3CS(=O)(=O)C[C@@H]3O)cc2)c1. The fraction of sp³-hybridized carbons (Fsp3) is 0.333. The van der Waals surface area contributed by atoms with Gasteiger partial charge in [0.2, 0.25) is 0 Å². The second kappa shape index (κ2) is 8.09. The number of sulfonamides is 1. The van der Waals surface area contributed by atoms with Gasteiger partial charge in [-0.1, -0.05) is 0 Å². The van der Waals surface area contributed by atoms with Gasteiger partial charge in [-0.2, -0.15) is 0 Å². The van der Waals surface area contributed by atoms with Gasteiger partial charge in [-0.15, -0.1) is 0 Å². The maximum Gasteiger partial charge on any atom is 0.265 e. The van der Waals surface area contributed by atoms with E-state index in [2.05, 4.69) is 10.0 Å². The molecule has 0 aromatic heterocycles. The molecule has 2 aromatic rings. The summed E-state index contributed by atoms with van der Waals surface area (Å²) >= 11 is 0. The molecule has 0 aliphatic carbocycles. The molecule has 3 rings (SSSR count). The van der Waals surface area contributed by atoms with E-state index in [1.807, 2.05) is 0 Å². The minimum absolute atomic E-state index is 0.0687. The first-order valence-corrected chi connectivity index (χ1v) is 11.9. The highest BCUT2D eigenvalue weighted by atomic mass is 32.2. The largest absolute Gasteiger partial charge is 0.497 e. The molecule has 0 bridgehead atoms. The summed E-state index contributed by atoms with van der Waals surface area (Å²) < 4.78 is 61.4. The van der Waals surface area contributed by atoms with Crippen LogP contribution >= 0.6 is 0 Å². The zero-order valence-electron chi connectivity index (χ0n) is 15.8. The van der Waals surface area contributed by atoms with E-state index in [0.29, 0.717) is 17.1 Å². The number of sulfone groups is 1. The van der Waals surface area contributed by atoms with Gasteiger partial charge in [-0.05, 0) is 36.4 Å². The number of methoxy groups -OCH3 is 2. The molecule has 1 aliphatic heterocycles. The van der Waals surface area contributed by atoms with Crippen LogP contribution in [0.4, 0.5) is 11.4 Å². The summed E-state index contributed by atoms with van der Waals surface area (Å²) in [6, 6.07) is 10.1. The van der Waals surface area contributed by atoms with Crippen molar-refractivity contribution in [1.82, 2.24) is 0 Å². The van der Waals surface area contributed by atoms with Crippen LogP contribution in [0.25, 0.3) is 0 Å². The highest BCUT2D eigenvalue weighted by molar-refractivity contribution is 7.93. The number of aliphatic hydroxyl groups excluding tert-OH is 1. The smallest absolute Gasteiger partial charge is 0.265 e. The number of anilines is 2. The Labute approximate surface area is 169 Å². The molecular formula is C18H22N2O7S2. The summed E-state index contributed by atoms with van der Waals surface area (Å²) in [5.41, 5.74) is 0.869. The van der Waals surface area contributed by atoms with Gasteiger partial charge in [0, 0.05) is 17.4 Å². The molecule has 1 aliphatic rings. The van der Waals surface area contributed by atoms with E-state index in [1.165, 1.54) is 38.5 Å². The Hall–Kier alpha value is -2.50. The van der Waals surface area contributed by atoms with E-state index >= 15 is 0 Å². The van der Waals surface area contributed by atoms with Gasteiger partial charge in [-0.3, -0.25) is 4.72 Å². The molecule has 9 nitrogen and oxygen atoms in total. The van der Waals surface area contributed by atoms with Crippen LogP contribution in [0.5, 0.6) is 11.5 Å². The van der Waals surface area contributed by atoms with E-state index in [-0.39, 0.29) is 22.2 Å². The third-order valence-electron chi connectivity index (χ3n) is 4.47. The van der Waals surface area contributed by atoms with Crippen LogP contribution in [0.3, 0.4) is 0 Å². The normalized spacial score (nSPS) is 20.8. The summed E-state index contributed by atoms with van der Waals surface area (Å²) in [4.78, 5) is -0.0687. The lowest BCUT2D eigenvalue weighted by atomic mass is 10.2. The Bertz CT molecular complexity index is 1080. The second-order valence-corrected chi connectivity index (χ2v) is 10.4. The first kappa shape index (κ1) is 21.2. The minimum atomic E-state index is -3.94. The van der Waals surface area contributed by atoms with Crippen molar-refractivity contribution in [2.24, 2.45) is 0 Å². The third kappa shape index (κ3) is 4.92. The van der Waals surface area contributed by atoms with Crippen molar-refractivity contribution in [1.29, 1.82) is 0 Å². The molecule has 158 valence electrons. The van der Waals surface area contributed by atoms with Crippen molar-refractivity contribution >= 4 is 31.2 Å². The topological polar surface area (TPSA) is 131 Å². The Morgan fingerprint density at radius 3 is 2.21 bits per heavy atom. The van der Waals surface area contributed by atoms with Gasteiger partial charge >= 0.3 is 0 Å². The van der Waals surface area contributed by atoms with E-state index in [4.69, 9.17) is 9.47 Å². The monoisotopic (exact) mass is 442 g/mol. The Kier molecular flexibility index (Phi) is 5.92. The van der Waals surface area contributed by atoms with Crippen molar-refractivity contribution in [3.05, 3.63) is 42.5 Å². The predicted molar refractivity (Wildman–Crippen MR) is 109 cm³/mol. The minimum Gasteiger partial charge on any atom is -0.497 e. The molecule has 2 aromatic carbocycles. The molecule has 11 heteroatoms. The van der Waals surface area contributed by atoms with Crippen LogP contribution in [0, 0.1) is 0 Å². The average Bonchev–Trinajstić information content (AvgIpc) is 2.93. The molecule has 29 heavy (non-hydrogen) atoms. The maximum atomic E-state index is 12.8. The van der Waals surface area contributed by atoms with Gasteiger partial charge < -0.3 is 19.9 Å². The van der Waals surface area contributed by atoms with Crippen molar-refractivity contribution in [2.45, 2.75) is 17.0 Å². The predicted octanol–water partition coefficient (Wildman–Crippen LogP) is 1.07. The van der Waals surface area contributed by atoms with Gasteiger partial charge in [0.1, 0.15) is 16.4 Å². The van der Waals surface area contributed by atoms with Crippen molar-refractivity contribution in [2.75, 3.05) is 35.8 Å². The number of hydrogen-bond acceptors (Lipinski definition) is 8. The lowest BCUT2D eigenvalue weighted by Crippen LogP contribution is -2.31. The van der Waals surface area contributed by atoms with Crippen molar-refractivity contribution in [3.63, 3.8) is 0 Å². The molecule has 1 saturated heterocycles. The summed E-state index contributed by atoms with van der Waals surface area (Å²) in [6.45, 7) is 0. The molecule has 1 fully saturated rings. The quantitative estimate of drug-likeness (QED) is 0.580. The van der Waals surface area contributed by atoms with Gasteiger partial charge in [0.25, 0.3) is 10.0 Å². The Morgan fingerprint density at radius 2 is 1.66 bits per heavy atom. The standard InChI is InChI=1S/C18H22N2O7S2/c1-26-14-7-8-17(27-2)18(9-14)29(24,25)20-13-5-3-12(4-6-13)19-15-10-28(22,23)11-16(15)21/h3-9,15-16,19-21H,10-11H2,1-2H3/t15-,16+/m1/s1. The van der Waals surface area contributed by atoms with Crippen molar-refractivity contribution < 1.29 is 31.4 Å². The highest BCUT2D eigenvalue weighted by Crippen LogP contribution is 2.30. The van der Waals surface area contributed by atoms with Gasteiger partial charge in [0.05, 0.1) is 37.9 Å². The van der Waals surface area contributed by atoms with Gasteiger partial charge in [-0.25, -0.2) is 16.8 Å². The number of benzene rings is 2. The number of hydrogen-bond donors (Lipinski definition) is 3.